The average molecular weight is 371 g/mol. The number of amides is 1. The first-order valence-electron chi connectivity index (χ1n) is 9.37. The number of carbonyl (C=O) groups is 1. The Morgan fingerprint density at radius 2 is 1.85 bits per heavy atom. The van der Waals surface area contributed by atoms with Gasteiger partial charge in [-0.1, -0.05) is 80.3 Å². The van der Waals surface area contributed by atoms with Crippen LogP contribution in [0.25, 0.3) is 12.2 Å². The van der Waals surface area contributed by atoms with Gasteiger partial charge in [-0.3, -0.25) is 9.89 Å². The number of carbonyl (C=O) groups excluding carboxylic acids is 1. The highest BCUT2D eigenvalue weighted by molar-refractivity contribution is 7.99. The fourth-order valence-corrected chi connectivity index (χ4v) is 3.75. The number of benzene rings is 1. The molecule has 26 heavy (non-hydrogen) atoms. The van der Waals surface area contributed by atoms with Gasteiger partial charge in [0.15, 0.2) is 0 Å². The fourth-order valence-electron chi connectivity index (χ4n) is 3.14. The Bertz CT molecular complexity index is 706. The number of nitrogens with one attached hydrogen (secondary N) is 2. The van der Waals surface area contributed by atoms with E-state index in [-0.39, 0.29) is 5.91 Å². The lowest BCUT2D eigenvalue weighted by molar-refractivity contribution is -0.119. The summed E-state index contributed by atoms with van der Waals surface area (Å²) in [7, 11) is 0. The number of H-pyrrole nitrogens is 1. The quantitative estimate of drug-likeness (QED) is 0.744. The van der Waals surface area contributed by atoms with Gasteiger partial charge in [0.1, 0.15) is 5.82 Å². The Kier molecular flexibility index (Phi) is 7.31. The van der Waals surface area contributed by atoms with Crippen molar-refractivity contribution in [2.75, 3.05) is 5.75 Å². The van der Waals surface area contributed by atoms with Gasteiger partial charge in [-0.2, -0.15) is 0 Å². The van der Waals surface area contributed by atoms with E-state index in [1.807, 2.05) is 42.5 Å². The number of rotatable bonds is 6. The second-order valence-electron chi connectivity index (χ2n) is 6.65. The van der Waals surface area contributed by atoms with Gasteiger partial charge in [0.2, 0.25) is 11.1 Å². The van der Waals surface area contributed by atoms with Crippen LogP contribution in [-0.4, -0.2) is 32.9 Å². The molecule has 0 radical (unpaired) electrons. The van der Waals surface area contributed by atoms with Crippen molar-refractivity contribution in [1.29, 1.82) is 0 Å². The van der Waals surface area contributed by atoms with Crippen molar-refractivity contribution in [3.8, 4) is 0 Å². The standard InChI is InChI=1S/C20H26N4OS/c25-19(21-17-11-7-2-1-3-8-12-17)15-26-20-22-18(23-24-20)14-13-16-9-5-4-6-10-16/h4-6,9-10,13-14,17H,1-3,7-8,11-12,15H2,(H,21,25)(H,22,23,24). The minimum Gasteiger partial charge on any atom is -0.353 e. The van der Waals surface area contributed by atoms with Crippen molar-refractivity contribution in [3.05, 3.63) is 41.7 Å². The average Bonchev–Trinajstić information content (AvgIpc) is 3.09. The second kappa shape index (κ2) is 10.2. The summed E-state index contributed by atoms with van der Waals surface area (Å²) in [5.41, 5.74) is 1.11. The Labute approximate surface area is 159 Å². The summed E-state index contributed by atoms with van der Waals surface area (Å²) in [6, 6.07) is 10.4. The van der Waals surface area contributed by atoms with Gasteiger partial charge in [0.25, 0.3) is 0 Å². The lowest BCUT2D eigenvalue weighted by Gasteiger charge is -2.20. The highest BCUT2D eigenvalue weighted by Crippen LogP contribution is 2.18. The van der Waals surface area contributed by atoms with Gasteiger partial charge >= 0.3 is 0 Å². The van der Waals surface area contributed by atoms with Crippen LogP contribution in [0.1, 0.15) is 56.3 Å². The fraction of sp³-hybridized carbons (Fsp3) is 0.450. The van der Waals surface area contributed by atoms with E-state index in [1.54, 1.807) is 0 Å². The summed E-state index contributed by atoms with van der Waals surface area (Å²) in [6.07, 6.45) is 12.4. The predicted octanol–water partition coefficient (Wildman–Crippen LogP) is 4.30. The van der Waals surface area contributed by atoms with E-state index in [9.17, 15) is 4.79 Å². The maximum atomic E-state index is 12.2. The molecule has 3 rings (SSSR count). The molecule has 1 saturated carbocycles. The molecular formula is C20H26N4OS. The van der Waals surface area contributed by atoms with Crippen molar-refractivity contribution in [2.45, 2.75) is 56.1 Å². The van der Waals surface area contributed by atoms with Crippen LogP contribution in [0.15, 0.2) is 35.5 Å². The van der Waals surface area contributed by atoms with E-state index in [2.05, 4.69) is 20.5 Å². The first-order valence-corrected chi connectivity index (χ1v) is 10.4. The van der Waals surface area contributed by atoms with Gasteiger partial charge in [-0.05, 0) is 24.5 Å². The van der Waals surface area contributed by atoms with Crippen LogP contribution in [-0.2, 0) is 4.79 Å². The van der Waals surface area contributed by atoms with Gasteiger partial charge in [-0.15, -0.1) is 5.10 Å². The van der Waals surface area contributed by atoms with Crippen molar-refractivity contribution >= 4 is 29.8 Å². The third-order valence-corrected chi connectivity index (χ3v) is 5.37. The molecule has 1 amide bonds. The molecule has 1 heterocycles. The maximum Gasteiger partial charge on any atom is 0.230 e. The van der Waals surface area contributed by atoms with Crippen molar-refractivity contribution in [1.82, 2.24) is 20.5 Å². The highest BCUT2D eigenvalue weighted by Gasteiger charge is 2.14. The van der Waals surface area contributed by atoms with E-state index in [4.69, 9.17) is 0 Å². The number of aromatic nitrogens is 3. The molecule has 0 bridgehead atoms. The van der Waals surface area contributed by atoms with E-state index >= 15 is 0 Å². The molecule has 6 heteroatoms. The van der Waals surface area contributed by atoms with E-state index in [1.165, 1.54) is 43.9 Å². The Balaban J connectivity index is 1.43. The normalized spacial score (nSPS) is 16.3. The smallest absolute Gasteiger partial charge is 0.230 e. The Hall–Kier alpha value is -2.08. The first kappa shape index (κ1) is 18.7. The van der Waals surface area contributed by atoms with Crippen LogP contribution >= 0.6 is 11.8 Å². The monoisotopic (exact) mass is 370 g/mol. The van der Waals surface area contributed by atoms with Gasteiger partial charge in [0, 0.05) is 6.04 Å². The minimum atomic E-state index is 0.0757. The lowest BCUT2D eigenvalue weighted by Crippen LogP contribution is -2.36. The summed E-state index contributed by atoms with van der Waals surface area (Å²) >= 11 is 1.37. The summed E-state index contributed by atoms with van der Waals surface area (Å²) < 4.78 is 0. The summed E-state index contributed by atoms with van der Waals surface area (Å²) in [5.74, 6) is 1.12. The summed E-state index contributed by atoms with van der Waals surface area (Å²) in [6.45, 7) is 0. The molecule has 5 nitrogen and oxygen atoms in total. The third kappa shape index (κ3) is 6.33. The van der Waals surface area contributed by atoms with E-state index in [0.29, 0.717) is 22.8 Å². The molecule has 1 aromatic carbocycles. The summed E-state index contributed by atoms with van der Waals surface area (Å²) in [5, 5.41) is 10.8. The van der Waals surface area contributed by atoms with E-state index < -0.39 is 0 Å². The number of aromatic amines is 1. The van der Waals surface area contributed by atoms with Crippen LogP contribution in [0.2, 0.25) is 0 Å². The minimum absolute atomic E-state index is 0.0757. The molecule has 0 unspecified atom stereocenters. The van der Waals surface area contributed by atoms with Gasteiger partial charge < -0.3 is 5.32 Å². The molecule has 2 aromatic rings. The zero-order chi connectivity index (χ0) is 18.0. The van der Waals surface area contributed by atoms with Gasteiger partial charge in [-0.25, -0.2) is 4.98 Å². The molecule has 138 valence electrons. The van der Waals surface area contributed by atoms with Crippen LogP contribution in [0.4, 0.5) is 0 Å². The molecule has 1 aromatic heterocycles. The van der Waals surface area contributed by atoms with E-state index in [0.717, 1.165) is 18.4 Å². The topological polar surface area (TPSA) is 70.7 Å². The van der Waals surface area contributed by atoms with Crippen molar-refractivity contribution in [2.24, 2.45) is 0 Å². The largest absolute Gasteiger partial charge is 0.353 e. The molecule has 0 aliphatic heterocycles. The molecule has 1 aliphatic rings. The first-order chi connectivity index (χ1) is 12.8. The SMILES string of the molecule is O=C(CSc1n[nH]c(C=Cc2ccccc2)n1)NC1CCCCCCC1. The second-order valence-corrected chi connectivity index (χ2v) is 7.59. The molecule has 2 N–H and O–H groups in total. The van der Waals surface area contributed by atoms with Crippen LogP contribution in [0.5, 0.6) is 0 Å². The number of nitrogens with zero attached hydrogens (tertiary/aromatic N) is 2. The lowest BCUT2D eigenvalue weighted by atomic mass is 9.97. The maximum absolute atomic E-state index is 12.2. The van der Waals surface area contributed by atoms with Crippen molar-refractivity contribution < 1.29 is 4.79 Å². The highest BCUT2D eigenvalue weighted by atomic mass is 32.2. The predicted molar refractivity (Wildman–Crippen MR) is 107 cm³/mol. The Morgan fingerprint density at radius 1 is 1.12 bits per heavy atom. The van der Waals surface area contributed by atoms with Crippen LogP contribution < -0.4 is 5.32 Å². The number of hydrogen-bond donors (Lipinski definition) is 2. The molecule has 1 fully saturated rings. The Morgan fingerprint density at radius 3 is 2.62 bits per heavy atom. The van der Waals surface area contributed by atoms with Gasteiger partial charge in [0.05, 0.1) is 5.75 Å². The zero-order valence-electron chi connectivity index (χ0n) is 15.0. The number of thioether (sulfide) groups is 1. The molecule has 0 atom stereocenters. The van der Waals surface area contributed by atoms with Crippen molar-refractivity contribution in [3.63, 3.8) is 0 Å². The van der Waals surface area contributed by atoms with Crippen LogP contribution in [0.3, 0.4) is 0 Å². The zero-order valence-corrected chi connectivity index (χ0v) is 15.8. The number of hydrogen-bond acceptors (Lipinski definition) is 4. The molecule has 1 aliphatic carbocycles. The van der Waals surface area contributed by atoms with Crippen LogP contribution in [0, 0.1) is 0 Å². The third-order valence-electron chi connectivity index (χ3n) is 4.52. The summed E-state index contributed by atoms with van der Waals surface area (Å²) in [4.78, 5) is 16.6. The molecule has 0 saturated heterocycles. The molecule has 0 spiro atoms. The molecular weight excluding hydrogens is 344 g/mol.